The van der Waals surface area contributed by atoms with Gasteiger partial charge in [-0.2, -0.15) is 0 Å². The first-order valence-corrected chi connectivity index (χ1v) is 6.78. The predicted octanol–water partition coefficient (Wildman–Crippen LogP) is 1.89. The molecule has 0 aromatic heterocycles. The lowest BCUT2D eigenvalue weighted by atomic mass is 9.89. The Kier molecular flexibility index (Phi) is 3.30. The molecule has 0 radical (unpaired) electrons. The van der Waals surface area contributed by atoms with Crippen LogP contribution in [-0.4, -0.2) is 26.8 Å². The fourth-order valence-corrected chi connectivity index (χ4v) is 3.85. The van der Waals surface area contributed by atoms with Crippen LogP contribution >= 0.6 is 11.6 Å². The van der Waals surface area contributed by atoms with Gasteiger partial charge in [-0.05, 0) is 17.7 Å². The molecule has 16 heavy (non-hydrogen) atoms. The van der Waals surface area contributed by atoms with E-state index in [1.165, 1.54) is 0 Å². The smallest absolute Gasteiger partial charge is 0.308 e. The van der Waals surface area contributed by atoms with Crippen molar-refractivity contribution in [2.45, 2.75) is 5.92 Å². The van der Waals surface area contributed by atoms with Crippen molar-refractivity contribution in [1.29, 1.82) is 0 Å². The fraction of sp³-hybridized carbons (Fsp3) is 0.364. The molecule has 1 N–H and O–H groups in total. The second-order valence-electron chi connectivity index (χ2n) is 3.88. The number of rotatable bonds is 2. The number of halogens is 1. The summed E-state index contributed by atoms with van der Waals surface area (Å²) in [5, 5.41) is 9.68. The maximum absolute atomic E-state index is 11.4. The highest BCUT2D eigenvalue weighted by Gasteiger charge is 2.38. The van der Waals surface area contributed by atoms with Crippen LogP contribution in [0.15, 0.2) is 24.3 Å². The molecule has 5 heteroatoms. The van der Waals surface area contributed by atoms with E-state index in [9.17, 15) is 9.00 Å². The number of benzene rings is 1. The van der Waals surface area contributed by atoms with Crippen LogP contribution in [0, 0.1) is 5.92 Å². The van der Waals surface area contributed by atoms with Crippen LogP contribution in [0.25, 0.3) is 0 Å². The molecular weight excluding hydrogens is 248 g/mol. The van der Waals surface area contributed by atoms with Crippen LogP contribution in [0.3, 0.4) is 0 Å². The normalized spacial score (nSPS) is 29.2. The fourth-order valence-electron chi connectivity index (χ4n) is 1.98. The summed E-state index contributed by atoms with van der Waals surface area (Å²) in [5.74, 6) is -0.885. The number of carbonyl (C=O) groups is 1. The summed E-state index contributed by atoms with van der Waals surface area (Å²) < 4.78 is 11.4. The van der Waals surface area contributed by atoms with Gasteiger partial charge in [0.25, 0.3) is 0 Å². The number of carboxylic acid groups (broad SMARTS) is 1. The number of hydrogen-bond acceptors (Lipinski definition) is 2. The Morgan fingerprint density at radius 3 is 2.50 bits per heavy atom. The summed E-state index contributed by atoms with van der Waals surface area (Å²) >= 11 is 5.77. The molecule has 1 aromatic rings. The summed E-state index contributed by atoms with van der Waals surface area (Å²) in [6.45, 7) is 0. The standard InChI is InChI=1S/C11H11ClO3S/c12-8-3-1-7(2-4-8)9-5-16(15)6-10(9)11(13)14/h1-4,9-10H,5-6H2,(H,13,14)/t9-,10+,16?/m0/s1. The average Bonchev–Trinajstić information content (AvgIpc) is 2.61. The Hall–Kier alpha value is -0.870. The zero-order valence-corrected chi connectivity index (χ0v) is 10.0. The molecule has 1 fully saturated rings. The maximum Gasteiger partial charge on any atom is 0.308 e. The summed E-state index contributed by atoms with van der Waals surface area (Å²) in [4.78, 5) is 11.0. The van der Waals surface area contributed by atoms with E-state index in [1.807, 2.05) is 12.1 Å². The maximum atomic E-state index is 11.4. The van der Waals surface area contributed by atoms with Gasteiger partial charge in [-0.25, -0.2) is 0 Å². The van der Waals surface area contributed by atoms with Gasteiger partial charge >= 0.3 is 5.97 Å². The quantitative estimate of drug-likeness (QED) is 0.881. The molecule has 3 atom stereocenters. The van der Waals surface area contributed by atoms with Gasteiger partial charge in [0.1, 0.15) is 0 Å². The third kappa shape index (κ3) is 2.28. The highest BCUT2D eigenvalue weighted by molar-refractivity contribution is 7.85. The van der Waals surface area contributed by atoms with Crippen LogP contribution in [0.1, 0.15) is 11.5 Å². The minimum Gasteiger partial charge on any atom is -0.481 e. The van der Waals surface area contributed by atoms with Crippen molar-refractivity contribution in [3.63, 3.8) is 0 Å². The molecular formula is C11H11ClO3S. The molecule has 1 aromatic carbocycles. The molecule has 0 bridgehead atoms. The van der Waals surface area contributed by atoms with Crippen molar-refractivity contribution in [2.75, 3.05) is 11.5 Å². The molecule has 3 nitrogen and oxygen atoms in total. The summed E-state index contributed by atoms with van der Waals surface area (Å²) in [6, 6.07) is 7.09. The molecule has 1 saturated heterocycles. The number of carboxylic acids is 1. The zero-order chi connectivity index (χ0) is 11.7. The van der Waals surface area contributed by atoms with Gasteiger partial charge in [0.05, 0.1) is 5.92 Å². The third-order valence-corrected chi connectivity index (χ3v) is 4.55. The van der Waals surface area contributed by atoms with Crippen molar-refractivity contribution in [2.24, 2.45) is 5.92 Å². The number of aliphatic carboxylic acids is 1. The summed E-state index contributed by atoms with van der Waals surface area (Å²) in [7, 11) is -1.02. The zero-order valence-electron chi connectivity index (χ0n) is 8.43. The van der Waals surface area contributed by atoms with E-state index >= 15 is 0 Å². The van der Waals surface area contributed by atoms with E-state index in [-0.39, 0.29) is 11.7 Å². The minimum absolute atomic E-state index is 0.157. The van der Waals surface area contributed by atoms with Gasteiger partial charge in [0, 0.05) is 33.2 Å². The Labute approximate surface area is 101 Å². The van der Waals surface area contributed by atoms with Crippen molar-refractivity contribution in [1.82, 2.24) is 0 Å². The van der Waals surface area contributed by atoms with Gasteiger partial charge in [-0.15, -0.1) is 0 Å². The molecule has 0 aliphatic carbocycles. The van der Waals surface area contributed by atoms with Gasteiger partial charge in [0.15, 0.2) is 0 Å². The molecule has 1 unspecified atom stereocenters. The van der Waals surface area contributed by atoms with Crippen LogP contribution in [0.2, 0.25) is 5.02 Å². The first-order chi connectivity index (χ1) is 7.58. The van der Waals surface area contributed by atoms with Crippen molar-refractivity contribution >= 4 is 28.4 Å². The Morgan fingerprint density at radius 2 is 1.94 bits per heavy atom. The Morgan fingerprint density at radius 1 is 1.31 bits per heavy atom. The first kappa shape index (κ1) is 11.6. The van der Waals surface area contributed by atoms with Gasteiger partial charge in [-0.1, -0.05) is 23.7 Å². The van der Waals surface area contributed by atoms with Crippen molar-refractivity contribution in [3.05, 3.63) is 34.9 Å². The lowest BCUT2D eigenvalue weighted by Crippen LogP contribution is -2.20. The third-order valence-electron chi connectivity index (χ3n) is 2.83. The molecule has 0 saturated carbocycles. The lowest BCUT2D eigenvalue weighted by Gasteiger charge is -2.14. The topological polar surface area (TPSA) is 54.4 Å². The Balaban J connectivity index is 2.28. The van der Waals surface area contributed by atoms with Crippen molar-refractivity contribution in [3.8, 4) is 0 Å². The molecule has 1 heterocycles. The highest BCUT2D eigenvalue weighted by atomic mass is 35.5. The average molecular weight is 259 g/mol. The van der Waals surface area contributed by atoms with Gasteiger partial charge in [-0.3, -0.25) is 9.00 Å². The molecule has 2 rings (SSSR count). The van der Waals surface area contributed by atoms with Gasteiger partial charge in [0.2, 0.25) is 0 Å². The minimum atomic E-state index is -1.02. The summed E-state index contributed by atoms with van der Waals surface area (Å²) in [5.41, 5.74) is 0.905. The van der Waals surface area contributed by atoms with Gasteiger partial charge < -0.3 is 5.11 Å². The van der Waals surface area contributed by atoms with E-state index in [0.29, 0.717) is 10.8 Å². The Bertz CT molecular complexity index is 429. The predicted molar refractivity (Wildman–Crippen MR) is 63.2 cm³/mol. The highest BCUT2D eigenvalue weighted by Crippen LogP contribution is 2.33. The molecule has 86 valence electrons. The monoisotopic (exact) mass is 258 g/mol. The van der Waals surface area contributed by atoms with Crippen LogP contribution in [-0.2, 0) is 15.6 Å². The van der Waals surface area contributed by atoms with E-state index in [1.54, 1.807) is 12.1 Å². The SMILES string of the molecule is O=C(O)[C@@H]1CS(=O)C[C@H]1c1ccc(Cl)cc1. The van der Waals surface area contributed by atoms with Crippen LogP contribution in [0.5, 0.6) is 0 Å². The second kappa shape index (κ2) is 4.55. The molecule has 1 aliphatic heterocycles. The van der Waals surface area contributed by atoms with Crippen LogP contribution in [0.4, 0.5) is 0 Å². The molecule has 0 amide bonds. The summed E-state index contributed by atoms with van der Waals surface area (Å²) in [6.07, 6.45) is 0. The first-order valence-electron chi connectivity index (χ1n) is 4.91. The second-order valence-corrected chi connectivity index (χ2v) is 5.86. The van der Waals surface area contributed by atoms with Crippen LogP contribution < -0.4 is 0 Å². The number of hydrogen-bond donors (Lipinski definition) is 1. The lowest BCUT2D eigenvalue weighted by molar-refractivity contribution is -0.141. The van der Waals surface area contributed by atoms with E-state index in [4.69, 9.17) is 16.7 Å². The van der Waals surface area contributed by atoms with E-state index in [0.717, 1.165) is 5.56 Å². The van der Waals surface area contributed by atoms with E-state index in [2.05, 4.69) is 0 Å². The largest absolute Gasteiger partial charge is 0.481 e. The van der Waals surface area contributed by atoms with Crippen molar-refractivity contribution < 1.29 is 14.1 Å². The molecule has 1 aliphatic rings. The van der Waals surface area contributed by atoms with E-state index < -0.39 is 22.7 Å². The molecule has 0 spiro atoms.